The SMILES string of the molecule is O=C1CC(C(=O)Nc2ccc(N3CCc4sccc4C3)nc2)C1. The molecule has 0 saturated heterocycles. The van der Waals surface area contributed by atoms with E-state index in [2.05, 4.69) is 26.6 Å². The van der Waals surface area contributed by atoms with Crippen molar-refractivity contribution in [3.63, 3.8) is 0 Å². The molecule has 5 nitrogen and oxygen atoms in total. The molecule has 1 amide bonds. The molecule has 1 N–H and O–H groups in total. The van der Waals surface area contributed by atoms with Crippen LogP contribution in [0.2, 0.25) is 0 Å². The lowest BCUT2D eigenvalue weighted by molar-refractivity contribution is -0.135. The van der Waals surface area contributed by atoms with Crippen molar-refractivity contribution in [3.05, 3.63) is 40.2 Å². The number of carbonyl (C=O) groups excluding carboxylic acids is 2. The van der Waals surface area contributed by atoms with E-state index >= 15 is 0 Å². The maximum Gasteiger partial charge on any atom is 0.228 e. The zero-order valence-electron chi connectivity index (χ0n) is 12.6. The molecule has 23 heavy (non-hydrogen) atoms. The third-order valence-electron chi connectivity index (χ3n) is 4.47. The van der Waals surface area contributed by atoms with Gasteiger partial charge in [0.05, 0.1) is 17.8 Å². The Bertz CT molecular complexity index is 745. The van der Waals surface area contributed by atoms with Crippen molar-refractivity contribution in [1.82, 2.24) is 4.98 Å². The van der Waals surface area contributed by atoms with E-state index in [1.54, 1.807) is 6.20 Å². The van der Waals surface area contributed by atoms with Crippen molar-refractivity contribution in [2.45, 2.75) is 25.8 Å². The van der Waals surface area contributed by atoms with Gasteiger partial charge in [-0.05, 0) is 35.6 Å². The van der Waals surface area contributed by atoms with Gasteiger partial charge < -0.3 is 10.2 Å². The van der Waals surface area contributed by atoms with Crippen LogP contribution in [-0.4, -0.2) is 23.2 Å². The third kappa shape index (κ3) is 2.86. The number of rotatable bonds is 3. The van der Waals surface area contributed by atoms with Crippen molar-refractivity contribution in [1.29, 1.82) is 0 Å². The number of aromatic nitrogens is 1. The highest BCUT2D eigenvalue weighted by Crippen LogP contribution is 2.28. The molecule has 1 aliphatic heterocycles. The molecule has 4 rings (SSSR count). The van der Waals surface area contributed by atoms with Gasteiger partial charge in [0.2, 0.25) is 5.91 Å². The molecule has 0 aromatic carbocycles. The Kier molecular flexibility index (Phi) is 3.61. The van der Waals surface area contributed by atoms with Crippen LogP contribution < -0.4 is 10.2 Å². The molecule has 1 fully saturated rings. The Morgan fingerprint density at radius 1 is 1.30 bits per heavy atom. The molecule has 0 atom stereocenters. The van der Waals surface area contributed by atoms with Crippen LogP contribution in [0, 0.1) is 5.92 Å². The maximum atomic E-state index is 11.9. The summed E-state index contributed by atoms with van der Waals surface area (Å²) in [5.74, 6) is 0.844. The number of nitrogens with zero attached hydrogens (tertiary/aromatic N) is 2. The Labute approximate surface area is 138 Å². The van der Waals surface area contributed by atoms with Gasteiger partial charge in [-0.2, -0.15) is 0 Å². The lowest BCUT2D eigenvalue weighted by Gasteiger charge is -2.28. The first-order valence-electron chi connectivity index (χ1n) is 7.78. The second-order valence-electron chi connectivity index (χ2n) is 6.08. The summed E-state index contributed by atoms with van der Waals surface area (Å²) in [5, 5.41) is 4.98. The van der Waals surface area contributed by atoms with Crippen molar-refractivity contribution in [3.8, 4) is 0 Å². The third-order valence-corrected chi connectivity index (χ3v) is 5.49. The molecule has 1 saturated carbocycles. The summed E-state index contributed by atoms with van der Waals surface area (Å²) >= 11 is 1.82. The largest absolute Gasteiger partial charge is 0.352 e. The number of hydrogen-bond donors (Lipinski definition) is 1. The lowest BCUT2D eigenvalue weighted by Crippen LogP contribution is -2.34. The fraction of sp³-hybridized carbons (Fsp3) is 0.353. The van der Waals surface area contributed by atoms with E-state index in [4.69, 9.17) is 0 Å². The molecule has 0 spiro atoms. The topological polar surface area (TPSA) is 62.3 Å². The van der Waals surface area contributed by atoms with Gasteiger partial charge in [0.25, 0.3) is 0 Å². The van der Waals surface area contributed by atoms with Crippen molar-refractivity contribution in [2.24, 2.45) is 5.92 Å². The van der Waals surface area contributed by atoms with Crippen LogP contribution in [-0.2, 0) is 22.6 Å². The van der Waals surface area contributed by atoms with Gasteiger partial charge in [-0.1, -0.05) is 0 Å². The molecule has 2 aliphatic rings. The minimum absolute atomic E-state index is 0.0833. The van der Waals surface area contributed by atoms with E-state index in [-0.39, 0.29) is 17.6 Å². The van der Waals surface area contributed by atoms with Gasteiger partial charge in [0.15, 0.2) is 0 Å². The fourth-order valence-electron chi connectivity index (χ4n) is 3.01. The summed E-state index contributed by atoms with van der Waals surface area (Å²) < 4.78 is 0. The summed E-state index contributed by atoms with van der Waals surface area (Å²) in [6.45, 7) is 1.86. The number of amides is 1. The highest BCUT2D eigenvalue weighted by Gasteiger charge is 2.32. The molecule has 2 aromatic heterocycles. The molecule has 0 radical (unpaired) electrons. The summed E-state index contributed by atoms with van der Waals surface area (Å²) in [5.41, 5.74) is 2.07. The van der Waals surface area contributed by atoms with E-state index in [0.717, 1.165) is 25.3 Å². The molecule has 0 bridgehead atoms. The van der Waals surface area contributed by atoms with E-state index in [9.17, 15) is 9.59 Å². The first-order chi connectivity index (χ1) is 11.2. The minimum Gasteiger partial charge on any atom is -0.352 e. The minimum atomic E-state index is -0.165. The van der Waals surface area contributed by atoms with Crippen molar-refractivity contribution in [2.75, 3.05) is 16.8 Å². The molecular formula is C17H17N3O2S. The van der Waals surface area contributed by atoms with Gasteiger partial charge in [-0.3, -0.25) is 9.59 Å². The molecule has 118 valence electrons. The van der Waals surface area contributed by atoms with Crippen LogP contribution >= 0.6 is 11.3 Å². The van der Waals surface area contributed by atoms with Crippen LogP contribution in [0.3, 0.4) is 0 Å². The Morgan fingerprint density at radius 2 is 2.17 bits per heavy atom. The van der Waals surface area contributed by atoms with Gasteiger partial charge >= 0.3 is 0 Å². The summed E-state index contributed by atoms with van der Waals surface area (Å²) in [6.07, 6.45) is 3.49. The highest BCUT2D eigenvalue weighted by atomic mass is 32.1. The van der Waals surface area contributed by atoms with E-state index in [0.29, 0.717) is 18.5 Å². The second kappa shape index (κ2) is 5.77. The Morgan fingerprint density at radius 3 is 2.91 bits per heavy atom. The number of Topliss-reactive ketones (excluding diaryl/α,β-unsaturated/α-hetero) is 1. The predicted molar refractivity (Wildman–Crippen MR) is 89.7 cm³/mol. The molecule has 0 unspecified atom stereocenters. The van der Waals surface area contributed by atoms with Gasteiger partial charge in [-0.15, -0.1) is 11.3 Å². The number of fused-ring (bicyclic) bond motifs is 1. The number of pyridine rings is 1. The first kappa shape index (κ1) is 14.4. The standard InChI is InChI=1S/C17H17N3O2S/c21-14-7-12(8-14)17(22)19-13-1-2-16(18-9-13)20-5-3-15-11(10-20)4-6-23-15/h1-2,4,6,9,12H,3,5,7-8,10H2,(H,19,22). The van der Waals surface area contributed by atoms with Crippen molar-refractivity contribution < 1.29 is 9.59 Å². The Balaban J connectivity index is 1.40. The average Bonchev–Trinajstić information content (AvgIpc) is 3.00. The number of thiophene rings is 1. The maximum absolute atomic E-state index is 11.9. The first-order valence-corrected chi connectivity index (χ1v) is 8.66. The predicted octanol–water partition coefficient (Wildman–Crippen LogP) is 2.62. The number of anilines is 2. The van der Waals surface area contributed by atoms with E-state index in [1.165, 1.54) is 10.4 Å². The molecule has 3 heterocycles. The zero-order valence-corrected chi connectivity index (χ0v) is 13.4. The van der Waals surface area contributed by atoms with Gasteiger partial charge in [-0.25, -0.2) is 4.98 Å². The quantitative estimate of drug-likeness (QED) is 0.941. The fourth-order valence-corrected chi connectivity index (χ4v) is 3.90. The number of ketones is 1. The van der Waals surface area contributed by atoms with E-state index in [1.807, 2.05) is 23.5 Å². The van der Waals surface area contributed by atoms with Crippen LogP contribution in [0.4, 0.5) is 11.5 Å². The molecule has 1 aliphatic carbocycles. The second-order valence-corrected chi connectivity index (χ2v) is 7.08. The summed E-state index contributed by atoms with van der Waals surface area (Å²) in [4.78, 5) is 31.1. The molecular weight excluding hydrogens is 310 g/mol. The van der Waals surface area contributed by atoms with E-state index < -0.39 is 0 Å². The van der Waals surface area contributed by atoms with Crippen molar-refractivity contribution >= 4 is 34.5 Å². The monoisotopic (exact) mass is 327 g/mol. The smallest absolute Gasteiger partial charge is 0.228 e. The number of nitrogens with one attached hydrogen (secondary N) is 1. The summed E-state index contributed by atoms with van der Waals surface area (Å²) in [7, 11) is 0. The molecule has 2 aromatic rings. The average molecular weight is 327 g/mol. The number of hydrogen-bond acceptors (Lipinski definition) is 5. The summed E-state index contributed by atoms with van der Waals surface area (Å²) in [6, 6.07) is 6.00. The number of carbonyl (C=O) groups is 2. The zero-order chi connectivity index (χ0) is 15.8. The van der Waals surface area contributed by atoms with Crippen LogP contribution in [0.15, 0.2) is 29.8 Å². The lowest BCUT2D eigenvalue weighted by atomic mass is 9.83. The highest BCUT2D eigenvalue weighted by molar-refractivity contribution is 7.10. The van der Waals surface area contributed by atoms with Crippen LogP contribution in [0.25, 0.3) is 0 Å². The van der Waals surface area contributed by atoms with Gasteiger partial charge in [0, 0.05) is 30.8 Å². The van der Waals surface area contributed by atoms with Gasteiger partial charge in [0.1, 0.15) is 11.6 Å². The van der Waals surface area contributed by atoms with Crippen LogP contribution in [0.1, 0.15) is 23.3 Å². The molecule has 6 heteroatoms. The van der Waals surface area contributed by atoms with Crippen LogP contribution in [0.5, 0.6) is 0 Å². The Hall–Kier alpha value is -2.21. The normalized spacial score (nSPS) is 17.6.